The number of aliphatic hydroxyl groups excluding tert-OH is 3. The number of fused-ring (bicyclic) bond motifs is 3. The van der Waals surface area contributed by atoms with Crippen LogP contribution in [-0.2, 0) is 63.7 Å². The Hall–Kier alpha value is -4.03. The Morgan fingerprint density at radius 1 is 0.913 bits per heavy atom. The van der Waals surface area contributed by atoms with Gasteiger partial charge in [0.2, 0.25) is 0 Å². The van der Waals surface area contributed by atoms with Crippen molar-refractivity contribution in [2.45, 2.75) is 134 Å². The van der Waals surface area contributed by atoms with Crippen molar-refractivity contribution >= 4 is 17.5 Å². The van der Waals surface area contributed by atoms with Crippen LogP contribution in [0.3, 0.4) is 0 Å². The molecule has 4 aliphatic rings. The van der Waals surface area contributed by atoms with Gasteiger partial charge in [-0.2, -0.15) is 0 Å². The number of hydrogen-bond donors (Lipinski definition) is 4. The fourth-order valence-corrected chi connectivity index (χ4v) is 9.36. The largest absolute Gasteiger partial charge is 0.465 e. The highest BCUT2D eigenvalue weighted by Gasteiger charge is 2.48. The van der Waals surface area contributed by atoms with E-state index in [1.807, 2.05) is 39.0 Å². The van der Waals surface area contributed by atoms with Crippen LogP contribution in [0.4, 0.5) is 0 Å². The monoisotopic (exact) mass is 972 g/mol. The van der Waals surface area contributed by atoms with Crippen molar-refractivity contribution in [2.24, 2.45) is 28.8 Å². The number of nitrogens with one attached hydrogen (secondary N) is 1. The minimum atomic E-state index is -1.26. The van der Waals surface area contributed by atoms with Gasteiger partial charge < -0.3 is 72.7 Å². The predicted octanol–water partition coefficient (Wildman–Crippen LogP) is 3.00. The molecule has 2 aromatic rings. The number of aromatic amines is 1. The van der Waals surface area contributed by atoms with Crippen molar-refractivity contribution in [2.75, 3.05) is 61.3 Å². The Morgan fingerprint density at radius 2 is 1.67 bits per heavy atom. The summed E-state index contributed by atoms with van der Waals surface area (Å²) in [7, 11) is 6.49. The van der Waals surface area contributed by atoms with Gasteiger partial charge >= 0.3 is 5.97 Å². The van der Waals surface area contributed by atoms with E-state index in [-0.39, 0.29) is 57.8 Å². The standard InChI is InChI=1S/C49H73N5O15/c1-27-10-13-37(55)28(2)19-34-14-17-62-25-35(53-66-24-32-11-12-36(52-21-32)47-50-15-16-51-47)26-63-38(29(3)44(34)69-48-43(59)40(54(6)7)41(57)30(4)67-48)20-39(56)64-22-33(18-27)23-65-49-46(61-9)45(60-8)42(58)31(5)68-49/h10-13,15-16,18,21,28-31,33-34,38,40-46,48-49,57-59H,14,17,19-20,22-26H2,1-9H3,(H,50,51)/b13-10+,27-18+,53-35+/t28-,29+,30-,31-,33+,34?,38-,40+,41-,42-,43-,44-,45-,46-,48+,49-/m1/s1. The summed E-state index contributed by atoms with van der Waals surface area (Å²) in [6.45, 7) is 9.28. The summed E-state index contributed by atoms with van der Waals surface area (Å²) in [5, 5.41) is 37.9. The van der Waals surface area contributed by atoms with Crippen LogP contribution in [0.15, 0.2) is 59.7 Å². The quantitative estimate of drug-likeness (QED) is 0.176. The van der Waals surface area contributed by atoms with Gasteiger partial charge in [0.05, 0.1) is 69.4 Å². The molecule has 16 atom stereocenters. The molecule has 3 saturated heterocycles. The number of rotatable bonds is 12. The lowest BCUT2D eigenvalue weighted by atomic mass is 9.79. The molecule has 6 heterocycles. The number of carbonyl (C=O) groups excluding carboxylic acids is 2. The Balaban J connectivity index is 1.28. The molecule has 2 bridgehead atoms. The maximum atomic E-state index is 14.1. The smallest absolute Gasteiger partial charge is 0.308 e. The van der Waals surface area contributed by atoms with E-state index in [9.17, 15) is 24.9 Å². The van der Waals surface area contributed by atoms with E-state index in [1.165, 1.54) is 14.2 Å². The van der Waals surface area contributed by atoms with Gasteiger partial charge in [-0.05, 0) is 65.8 Å². The van der Waals surface area contributed by atoms with Crippen LogP contribution in [0.5, 0.6) is 0 Å². The molecule has 3 fully saturated rings. The summed E-state index contributed by atoms with van der Waals surface area (Å²) in [4.78, 5) is 47.4. The van der Waals surface area contributed by atoms with Crippen molar-refractivity contribution < 1.29 is 72.4 Å². The van der Waals surface area contributed by atoms with Gasteiger partial charge in [-0.25, -0.2) is 4.98 Å². The molecular weight excluding hydrogens is 899 g/mol. The Bertz CT molecular complexity index is 2000. The van der Waals surface area contributed by atoms with Gasteiger partial charge in [0.25, 0.3) is 0 Å². The highest BCUT2D eigenvalue weighted by molar-refractivity contribution is 5.91. The van der Waals surface area contributed by atoms with Gasteiger partial charge in [0.15, 0.2) is 24.2 Å². The van der Waals surface area contributed by atoms with E-state index < -0.39 is 97.3 Å². The maximum Gasteiger partial charge on any atom is 0.308 e. The minimum absolute atomic E-state index is 0.0231. The van der Waals surface area contributed by atoms with E-state index >= 15 is 0 Å². The van der Waals surface area contributed by atoms with E-state index in [4.69, 9.17) is 47.5 Å². The van der Waals surface area contributed by atoms with E-state index in [0.29, 0.717) is 30.1 Å². The van der Waals surface area contributed by atoms with Crippen molar-refractivity contribution in [3.63, 3.8) is 0 Å². The maximum absolute atomic E-state index is 14.1. The van der Waals surface area contributed by atoms with Gasteiger partial charge in [-0.15, -0.1) is 0 Å². The fraction of sp³-hybridized carbons (Fsp3) is 0.694. The van der Waals surface area contributed by atoms with E-state index in [1.54, 1.807) is 63.6 Å². The molecule has 6 rings (SSSR count). The van der Waals surface area contributed by atoms with Crippen LogP contribution < -0.4 is 0 Å². The van der Waals surface area contributed by atoms with Crippen molar-refractivity contribution in [1.29, 1.82) is 0 Å². The highest BCUT2D eigenvalue weighted by atomic mass is 16.7. The second-order valence-electron chi connectivity index (χ2n) is 18.8. The number of oxime groups is 1. The van der Waals surface area contributed by atoms with E-state index in [2.05, 4.69) is 20.1 Å². The molecule has 0 saturated carbocycles. The number of cyclic esters (lactones) is 1. The number of pyridine rings is 1. The molecule has 20 nitrogen and oxygen atoms in total. The summed E-state index contributed by atoms with van der Waals surface area (Å²) < 4.78 is 55.3. The third kappa shape index (κ3) is 14.5. The van der Waals surface area contributed by atoms with Gasteiger partial charge in [0.1, 0.15) is 42.4 Å². The molecule has 1 unspecified atom stereocenters. The number of aromatic nitrogens is 3. The van der Waals surface area contributed by atoms with Gasteiger partial charge in [-0.1, -0.05) is 42.8 Å². The summed E-state index contributed by atoms with van der Waals surface area (Å²) in [5.74, 6) is -1.98. The molecule has 384 valence electrons. The normalized spacial score (nSPS) is 37.7. The number of methoxy groups -OCH3 is 2. The van der Waals surface area contributed by atoms with Gasteiger partial charge in [-0.3, -0.25) is 14.6 Å². The molecule has 4 N–H and O–H groups in total. The zero-order valence-corrected chi connectivity index (χ0v) is 41.2. The molecule has 20 heteroatoms. The van der Waals surface area contributed by atoms with Crippen LogP contribution in [0.1, 0.15) is 59.4 Å². The lowest BCUT2D eigenvalue weighted by Crippen LogP contribution is -2.63. The van der Waals surface area contributed by atoms with Crippen LogP contribution in [0.25, 0.3) is 11.5 Å². The number of ketones is 1. The SMILES string of the molecule is CO[C@@H]1[C@H](O)[C@@H](C)O[C@@H](OC[C@H]2/C=C(C)/C=C/C(=O)[C@H](C)CC3CCOC/C(=N\OCc4ccc(-c5ncc[nH]5)nc4)CO[C@H](CC(=O)OC2)[C@H](C)[C@H]3O[C@@H]2O[C@H](C)[C@@H](O)[C@H](N(C)C)[C@H]2O)[C@@H]1OC. The lowest BCUT2D eigenvalue weighted by molar-refractivity contribution is -0.305. The molecule has 69 heavy (non-hydrogen) atoms. The number of nitrogens with zero attached hydrogens (tertiary/aromatic N) is 4. The summed E-state index contributed by atoms with van der Waals surface area (Å²) in [6.07, 6.45) is 1.05. The van der Waals surface area contributed by atoms with Crippen LogP contribution in [0, 0.1) is 23.7 Å². The number of likely N-dealkylation sites (N-methyl/N-ethyl adjacent to an activating group) is 1. The van der Waals surface area contributed by atoms with Crippen LogP contribution in [-0.4, -0.2) is 188 Å². The number of allylic oxidation sites excluding steroid dienone is 3. The average Bonchev–Trinajstić information content (AvgIpc) is 3.87. The van der Waals surface area contributed by atoms with Crippen LogP contribution in [0.2, 0.25) is 0 Å². The highest BCUT2D eigenvalue weighted by Crippen LogP contribution is 2.36. The van der Waals surface area contributed by atoms with E-state index in [0.717, 1.165) is 11.1 Å². The molecular formula is C49H73N5O15. The Kier molecular flexibility index (Phi) is 20.4. The number of ether oxygens (including phenoxy) is 9. The molecule has 0 amide bonds. The Labute approximate surface area is 404 Å². The number of aliphatic hydroxyl groups is 3. The molecule has 2 aromatic heterocycles. The molecule has 4 aliphatic heterocycles. The average molecular weight is 972 g/mol. The summed E-state index contributed by atoms with van der Waals surface area (Å²) >= 11 is 0. The van der Waals surface area contributed by atoms with Crippen LogP contribution >= 0.6 is 0 Å². The third-order valence-corrected chi connectivity index (χ3v) is 13.4. The number of carbonyl (C=O) groups is 2. The first-order valence-electron chi connectivity index (χ1n) is 23.8. The number of esters is 1. The third-order valence-electron chi connectivity index (χ3n) is 13.4. The topological polar surface area (TPSA) is 244 Å². The van der Waals surface area contributed by atoms with Crippen molar-refractivity contribution in [1.82, 2.24) is 19.9 Å². The lowest BCUT2D eigenvalue weighted by Gasteiger charge is -2.47. The zero-order valence-electron chi connectivity index (χ0n) is 41.2. The zero-order chi connectivity index (χ0) is 49.8. The van der Waals surface area contributed by atoms with Crippen molar-refractivity contribution in [3.8, 4) is 11.5 Å². The van der Waals surface area contributed by atoms with Gasteiger partial charge in [0, 0.05) is 62.7 Å². The Morgan fingerprint density at radius 3 is 2.36 bits per heavy atom. The number of H-pyrrole nitrogens is 1. The molecule has 0 radical (unpaired) electrons. The number of hydrogen-bond acceptors (Lipinski definition) is 19. The first kappa shape index (κ1) is 54.3. The second kappa shape index (κ2) is 25.9. The molecule has 0 spiro atoms. The molecule has 0 aliphatic carbocycles. The minimum Gasteiger partial charge on any atom is -0.465 e. The number of imidazole rings is 1. The first-order valence-corrected chi connectivity index (χ1v) is 23.8. The fourth-order valence-electron chi connectivity index (χ4n) is 9.36. The summed E-state index contributed by atoms with van der Waals surface area (Å²) in [6, 6.07) is 2.99. The first-order chi connectivity index (χ1) is 33.1. The van der Waals surface area contributed by atoms with Crippen molar-refractivity contribution in [3.05, 3.63) is 60.1 Å². The molecule has 0 aromatic carbocycles. The predicted molar refractivity (Wildman–Crippen MR) is 249 cm³/mol. The second-order valence-corrected chi connectivity index (χ2v) is 18.8. The summed E-state index contributed by atoms with van der Waals surface area (Å²) in [5.41, 5.74) is 2.60.